The summed E-state index contributed by atoms with van der Waals surface area (Å²) in [6.07, 6.45) is 0. The molecule has 0 radical (unpaired) electrons. The number of carboxylic acid groups (broad SMARTS) is 1. The molecule has 6 heteroatoms. The molecule has 0 aliphatic carbocycles. The van der Waals surface area contributed by atoms with Gasteiger partial charge < -0.3 is 10.4 Å². The van der Waals surface area contributed by atoms with Gasteiger partial charge >= 0.3 is 5.97 Å². The highest BCUT2D eigenvalue weighted by molar-refractivity contribution is 7.17. The van der Waals surface area contributed by atoms with Crippen LogP contribution in [0.5, 0.6) is 0 Å². The SMILES string of the molecule is CC(=O)c1sc(NC(C)C(C)(C)C)nc1C(=O)O. The van der Waals surface area contributed by atoms with Crippen LogP contribution in [0.1, 0.15) is 54.8 Å². The van der Waals surface area contributed by atoms with E-state index in [-0.39, 0.29) is 27.8 Å². The zero-order chi connectivity index (χ0) is 14.1. The number of anilines is 1. The Morgan fingerprint density at radius 2 is 1.94 bits per heavy atom. The van der Waals surface area contributed by atoms with Gasteiger partial charge in [0, 0.05) is 13.0 Å². The van der Waals surface area contributed by atoms with E-state index in [2.05, 4.69) is 31.1 Å². The van der Waals surface area contributed by atoms with Crippen LogP contribution in [0, 0.1) is 5.41 Å². The lowest BCUT2D eigenvalue weighted by molar-refractivity contribution is 0.0687. The molecule has 0 saturated carbocycles. The Hall–Kier alpha value is -1.43. The first kappa shape index (κ1) is 14.6. The molecule has 1 atom stereocenters. The van der Waals surface area contributed by atoms with Crippen molar-refractivity contribution >= 4 is 28.2 Å². The van der Waals surface area contributed by atoms with Crippen molar-refractivity contribution in [2.45, 2.75) is 40.7 Å². The number of nitrogens with zero attached hydrogens (tertiary/aromatic N) is 1. The Kier molecular flexibility index (Phi) is 4.11. The van der Waals surface area contributed by atoms with E-state index in [1.807, 2.05) is 6.92 Å². The molecule has 0 saturated heterocycles. The maximum Gasteiger partial charge on any atom is 0.356 e. The third kappa shape index (κ3) is 3.29. The lowest BCUT2D eigenvalue weighted by atomic mass is 9.88. The molecular formula is C12H18N2O3S. The van der Waals surface area contributed by atoms with Crippen molar-refractivity contribution in [3.8, 4) is 0 Å². The van der Waals surface area contributed by atoms with Gasteiger partial charge in [-0.1, -0.05) is 32.1 Å². The Labute approximate surface area is 110 Å². The van der Waals surface area contributed by atoms with Gasteiger partial charge in [-0.2, -0.15) is 0 Å². The Morgan fingerprint density at radius 1 is 1.39 bits per heavy atom. The van der Waals surface area contributed by atoms with E-state index in [1.54, 1.807) is 0 Å². The number of aromatic nitrogens is 1. The molecule has 18 heavy (non-hydrogen) atoms. The molecule has 2 N–H and O–H groups in total. The number of carbonyl (C=O) groups is 2. The molecular weight excluding hydrogens is 252 g/mol. The second kappa shape index (κ2) is 5.06. The highest BCUT2D eigenvalue weighted by Crippen LogP contribution is 2.28. The molecule has 100 valence electrons. The van der Waals surface area contributed by atoms with Crippen LogP contribution in [0.2, 0.25) is 0 Å². The number of rotatable bonds is 4. The first-order valence-electron chi connectivity index (χ1n) is 5.64. The first-order chi connectivity index (χ1) is 8.12. The fraction of sp³-hybridized carbons (Fsp3) is 0.583. The molecule has 0 aromatic carbocycles. The van der Waals surface area contributed by atoms with Crippen LogP contribution in [0.15, 0.2) is 0 Å². The lowest BCUT2D eigenvalue weighted by Crippen LogP contribution is -2.30. The molecule has 0 aliphatic rings. The van der Waals surface area contributed by atoms with Crippen LogP contribution in [-0.4, -0.2) is 27.9 Å². The number of thiazole rings is 1. The van der Waals surface area contributed by atoms with Gasteiger partial charge in [0.25, 0.3) is 0 Å². The maximum absolute atomic E-state index is 11.3. The summed E-state index contributed by atoms with van der Waals surface area (Å²) in [5.41, 5.74) is -0.151. The van der Waals surface area contributed by atoms with Crippen LogP contribution in [0.3, 0.4) is 0 Å². The highest BCUT2D eigenvalue weighted by Gasteiger charge is 2.24. The molecule has 1 rings (SSSR count). The maximum atomic E-state index is 11.3. The predicted molar refractivity (Wildman–Crippen MR) is 71.6 cm³/mol. The molecule has 5 nitrogen and oxygen atoms in total. The summed E-state index contributed by atoms with van der Waals surface area (Å²) >= 11 is 1.09. The van der Waals surface area contributed by atoms with Gasteiger partial charge in [0.2, 0.25) is 0 Å². The molecule has 0 amide bonds. The van der Waals surface area contributed by atoms with Crippen LogP contribution in [0.25, 0.3) is 0 Å². The van der Waals surface area contributed by atoms with E-state index < -0.39 is 5.97 Å². The highest BCUT2D eigenvalue weighted by atomic mass is 32.1. The Bertz CT molecular complexity index is 443. The van der Waals surface area contributed by atoms with Crippen molar-refractivity contribution in [1.29, 1.82) is 0 Å². The van der Waals surface area contributed by atoms with Gasteiger partial charge in [0.15, 0.2) is 16.6 Å². The van der Waals surface area contributed by atoms with Gasteiger partial charge in [-0.25, -0.2) is 9.78 Å². The average molecular weight is 270 g/mol. The minimum absolute atomic E-state index is 0.0193. The van der Waals surface area contributed by atoms with Gasteiger partial charge in [0.1, 0.15) is 4.88 Å². The number of aromatic carboxylic acids is 1. The molecule has 0 spiro atoms. The summed E-state index contributed by atoms with van der Waals surface area (Å²) in [5.74, 6) is -1.45. The van der Waals surface area contributed by atoms with Crippen LogP contribution in [0.4, 0.5) is 5.13 Å². The summed E-state index contributed by atoms with van der Waals surface area (Å²) in [6.45, 7) is 9.55. The van der Waals surface area contributed by atoms with Crippen molar-refractivity contribution in [3.63, 3.8) is 0 Å². The van der Waals surface area contributed by atoms with E-state index in [1.165, 1.54) is 6.92 Å². The molecule has 1 aromatic rings. The lowest BCUT2D eigenvalue weighted by Gasteiger charge is -2.27. The second-order valence-corrected chi connectivity index (χ2v) is 6.29. The number of hydrogen-bond acceptors (Lipinski definition) is 5. The molecule has 0 aliphatic heterocycles. The third-order valence-electron chi connectivity index (χ3n) is 2.79. The van der Waals surface area contributed by atoms with Crippen molar-refractivity contribution < 1.29 is 14.7 Å². The van der Waals surface area contributed by atoms with E-state index in [9.17, 15) is 9.59 Å². The normalized spacial score (nSPS) is 13.2. The predicted octanol–water partition coefficient (Wildman–Crippen LogP) is 2.89. The summed E-state index contributed by atoms with van der Waals surface area (Å²) in [7, 11) is 0. The molecule has 0 bridgehead atoms. The van der Waals surface area contributed by atoms with Crippen LogP contribution in [-0.2, 0) is 0 Å². The standard InChI is InChI=1S/C12H18N2O3S/c1-6(15)9-8(10(16)17)14-11(18-9)13-7(2)12(3,4)5/h7H,1-5H3,(H,13,14)(H,16,17). The van der Waals surface area contributed by atoms with E-state index >= 15 is 0 Å². The Morgan fingerprint density at radius 3 is 2.28 bits per heavy atom. The van der Waals surface area contributed by atoms with Crippen molar-refractivity contribution in [2.24, 2.45) is 5.41 Å². The number of hydrogen-bond donors (Lipinski definition) is 2. The Balaban J connectivity index is 3.03. The largest absolute Gasteiger partial charge is 0.476 e. The molecule has 1 heterocycles. The van der Waals surface area contributed by atoms with Gasteiger partial charge in [-0.05, 0) is 12.3 Å². The zero-order valence-corrected chi connectivity index (χ0v) is 12.0. The summed E-state index contributed by atoms with van der Waals surface area (Å²) < 4.78 is 0. The fourth-order valence-electron chi connectivity index (χ4n) is 1.17. The summed E-state index contributed by atoms with van der Waals surface area (Å²) in [4.78, 5) is 26.5. The third-order valence-corrected chi connectivity index (χ3v) is 3.88. The summed E-state index contributed by atoms with van der Waals surface area (Å²) in [6, 6.07) is 0.116. The number of carbonyl (C=O) groups excluding carboxylic acids is 1. The number of carboxylic acids is 1. The molecule has 1 aromatic heterocycles. The average Bonchev–Trinajstić information content (AvgIpc) is 2.60. The van der Waals surface area contributed by atoms with Gasteiger partial charge in [0.05, 0.1) is 0 Å². The minimum atomic E-state index is -1.17. The topological polar surface area (TPSA) is 79.3 Å². The smallest absolute Gasteiger partial charge is 0.356 e. The van der Waals surface area contributed by atoms with E-state index in [4.69, 9.17) is 5.11 Å². The van der Waals surface area contributed by atoms with Gasteiger partial charge in [-0.3, -0.25) is 4.79 Å². The number of Topliss-reactive ketones (excluding diaryl/α,β-unsaturated/α-hetero) is 1. The summed E-state index contributed by atoms with van der Waals surface area (Å²) in [5, 5.41) is 12.6. The van der Waals surface area contributed by atoms with Crippen molar-refractivity contribution in [3.05, 3.63) is 10.6 Å². The zero-order valence-electron chi connectivity index (χ0n) is 11.2. The molecule has 0 fully saturated rings. The second-order valence-electron chi connectivity index (χ2n) is 5.29. The van der Waals surface area contributed by atoms with Crippen LogP contribution < -0.4 is 5.32 Å². The molecule has 1 unspecified atom stereocenters. The van der Waals surface area contributed by atoms with Crippen molar-refractivity contribution in [2.75, 3.05) is 5.32 Å². The van der Waals surface area contributed by atoms with Gasteiger partial charge in [-0.15, -0.1) is 0 Å². The number of nitrogens with one attached hydrogen (secondary N) is 1. The van der Waals surface area contributed by atoms with Crippen LogP contribution >= 0.6 is 11.3 Å². The van der Waals surface area contributed by atoms with E-state index in [0.717, 1.165) is 11.3 Å². The number of ketones is 1. The van der Waals surface area contributed by atoms with E-state index in [0.29, 0.717) is 5.13 Å². The van der Waals surface area contributed by atoms with Crippen molar-refractivity contribution in [1.82, 2.24) is 4.98 Å². The quantitative estimate of drug-likeness (QED) is 0.822. The minimum Gasteiger partial charge on any atom is -0.476 e. The first-order valence-corrected chi connectivity index (χ1v) is 6.46. The fourth-order valence-corrected chi connectivity index (χ4v) is 2.11. The monoisotopic (exact) mass is 270 g/mol.